The lowest BCUT2D eigenvalue weighted by molar-refractivity contribution is -0.133. The molecule has 1 N–H and O–H groups in total. The Morgan fingerprint density at radius 3 is 2.71 bits per heavy atom. The van der Waals surface area contributed by atoms with Crippen LogP contribution in [0.3, 0.4) is 0 Å². The van der Waals surface area contributed by atoms with E-state index in [0.717, 1.165) is 5.56 Å². The molecule has 0 aromatic heterocycles. The molecule has 1 saturated heterocycles. The first-order chi connectivity index (χ1) is 8.33. The summed E-state index contributed by atoms with van der Waals surface area (Å²) in [5.41, 5.74) is 1.11. The van der Waals surface area contributed by atoms with Crippen molar-refractivity contribution in [2.75, 3.05) is 13.2 Å². The van der Waals surface area contributed by atoms with Gasteiger partial charge in [-0.3, -0.25) is 4.79 Å². The fraction of sp³-hybridized carbons (Fsp3) is 0.214. The van der Waals surface area contributed by atoms with Gasteiger partial charge in [-0.05, 0) is 22.4 Å². The molecule has 1 aliphatic rings. The minimum absolute atomic E-state index is 0.0303. The maximum Gasteiger partial charge on any atom is 0.246 e. The van der Waals surface area contributed by atoms with Crippen molar-refractivity contribution in [2.24, 2.45) is 0 Å². The summed E-state index contributed by atoms with van der Waals surface area (Å²) in [6.45, 7) is 0.703. The Labute approximate surface area is 99.4 Å². The van der Waals surface area contributed by atoms with E-state index in [-0.39, 0.29) is 18.6 Å². The van der Waals surface area contributed by atoms with Crippen LogP contribution in [0.2, 0.25) is 0 Å². The van der Waals surface area contributed by atoms with Crippen molar-refractivity contribution < 1.29 is 9.53 Å². The van der Waals surface area contributed by atoms with Crippen molar-refractivity contribution in [3.63, 3.8) is 0 Å². The van der Waals surface area contributed by atoms with Gasteiger partial charge in [0.2, 0.25) is 5.91 Å². The van der Waals surface area contributed by atoms with E-state index in [0.29, 0.717) is 6.54 Å². The molecule has 0 radical (unpaired) electrons. The second-order valence-corrected chi connectivity index (χ2v) is 4.21. The average molecular weight is 227 g/mol. The Hall–Kier alpha value is -1.87. The van der Waals surface area contributed by atoms with Gasteiger partial charge in [0, 0.05) is 6.54 Å². The highest BCUT2D eigenvalue weighted by atomic mass is 16.5. The van der Waals surface area contributed by atoms with Crippen molar-refractivity contribution in [3.05, 3.63) is 48.0 Å². The number of rotatable bonds is 1. The summed E-state index contributed by atoms with van der Waals surface area (Å²) in [7, 11) is 0. The highest BCUT2D eigenvalue weighted by Gasteiger charge is 2.19. The lowest BCUT2D eigenvalue weighted by Gasteiger charge is -2.23. The summed E-state index contributed by atoms with van der Waals surface area (Å²) in [4.78, 5) is 11.0. The summed E-state index contributed by atoms with van der Waals surface area (Å²) in [6.07, 6.45) is -0.0303. The Kier molecular flexibility index (Phi) is 2.53. The van der Waals surface area contributed by atoms with Crippen LogP contribution in [0.1, 0.15) is 11.7 Å². The summed E-state index contributed by atoms with van der Waals surface area (Å²) in [6, 6.07) is 14.5. The van der Waals surface area contributed by atoms with Crippen LogP contribution in [0.25, 0.3) is 10.8 Å². The number of fused-ring (bicyclic) bond motifs is 1. The van der Waals surface area contributed by atoms with E-state index in [1.807, 2.05) is 12.1 Å². The van der Waals surface area contributed by atoms with Gasteiger partial charge in [0.15, 0.2) is 0 Å². The molecule has 1 fully saturated rings. The second-order valence-electron chi connectivity index (χ2n) is 4.21. The molecule has 17 heavy (non-hydrogen) atoms. The summed E-state index contributed by atoms with van der Waals surface area (Å²) < 4.78 is 5.51. The molecule has 0 aliphatic carbocycles. The molecule has 1 atom stereocenters. The Balaban J connectivity index is 1.92. The van der Waals surface area contributed by atoms with E-state index < -0.39 is 0 Å². The molecule has 1 amide bonds. The molecule has 0 spiro atoms. The molecule has 3 heteroatoms. The fourth-order valence-corrected chi connectivity index (χ4v) is 2.11. The largest absolute Gasteiger partial charge is 0.362 e. The topological polar surface area (TPSA) is 38.3 Å². The number of carbonyl (C=O) groups is 1. The third-order valence-electron chi connectivity index (χ3n) is 3.05. The zero-order valence-corrected chi connectivity index (χ0v) is 9.35. The van der Waals surface area contributed by atoms with Crippen molar-refractivity contribution in [1.82, 2.24) is 5.32 Å². The van der Waals surface area contributed by atoms with Gasteiger partial charge in [-0.1, -0.05) is 36.4 Å². The zero-order valence-electron chi connectivity index (χ0n) is 9.35. The maximum atomic E-state index is 11.0. The first-order valence-electron chi connectivity index (χ1n) is 5.70. The van der Waals surface area contributed by atoms with Gasteiger partial charge in [0.25, 0.3) is 0 Å². The molecule has 0 bridgehead atoms. The van der Waals surface area contributed by atoms with Crippen LogP contribution in [-0.4, -0.2) is 19.1 Å². The number of morpholine rings is 1. The minimum atomic E-state index is -0.0398. The number of nitrogens with one attached hydrogen (secondary N) is 1. The van der Waals surface area contributed by atoms with Gasteiger partial charge in [0.05, 0.1) is 0 Å². The van der Waals surface area contributed by atoms with Crippen LogP contribution in [-0.2, 0) is 9.53 Å². The van der Waals surface area contributed by atoms with E-state index in [1.165, 1.54) is 10.8 Å². The molecular formula is C14H13NO2. The fourth-order valence-electron chi connectivity index (χ4n) is 2.11. The lowest BCUT2D eigenvalue weighted by atomic mass is 10.0. The van der Waals surface area contributed by atoms with Crippen LogP contribution in [0.5, 0.6) is 0 Å². The molecule has 1 aliphatic heterocycles. The maximum absolute atomic E-state index is 11.0. The van der Waals surface area contributed by atoms with Crippen LogP contribution in [0, 0.1) is 0 Å². The zero-order chi connectivity index (χ0) is 11.7. The van der Waals surface area contributed by atoms with E-state index in [1.54, 1.807) is 0 Å². The molecule has 2 aromatic rings. The highest BCUT2D eigenvalue weighted by Crippen LogP contribution is 2.23. The van der Waals surface area contributed by atoms with Gasteiger partial charge in [-0.15, -0.1) is 0 Å². The molecule has 2 aromatic carbocycles. The SMILES string of the molecule is O=C1COC(c2ccc3ccccc3c2)CN1. The standard InChI is InChI=1S/C14H13NO2/c16-14-9-17-13(8-15-14)12-6-5-10-3-1-2-4-11(10)7-12/h1-7,13H,8-9H2,(H,15,16). The Morgan fingerprint density at radius 2 is 1.94 bits per heavy atom. The number of ether oxygens (including phenoxy) is 1. The molecule has 0 saturated carbocycles. The van der Waals surface area contributed by atoms with Crippen LogP contribution >= 0.6 is 0 Å². The minimum Gasteiger partial charge on any atom is -0.362 e. The Morgan fingerprint density at radius 1 is 1.12 bits per heavy atom. The molecule has 1 unspecified atom stereocenters. The first-order valence-corrected chi connectivity index (χ1v) is 5.70. The van der Waals surface area contributed by atoms with Crippen LogP contribution in [0.4, 0.5) is 0 Å². The second kappa shape index (κ2) is 4.18. The molecule has 3 nitrogen and oxygen atoms in total. The normalized spacial score (nSPS) is 20.2. The van der Waals surface area contributed by atoms with E-state index in [4.69, 9.17) is 4.74 Å². The van der Waals surface area contributed by atoms with Gasteiger partial charge in [-0.2, -0.15) is 0 Å². The third-order valence-corrected chi connectivity index (χ3v) is 3.05. The smallest absolute Gasteiger partial charge is 0.246 e. The monoisotopic (exact) mass is 227 g/mol. The highest BCUT2D eigenvalue weighted by molar-refractivity contribution is 5.83. The number of benzene rings is 2. The van der Waals surface area contributed by atoms with Gasteiger partial charge < -0.3 is 10.1 Å². The summed E-state index contributed by atoms with van der Waals surface area (Å²) in [5.74, 6) is -0.0398. The van der Waals surface area contributed by atoms with E-state index in [9.17, 15) is 4.79 Å². The molecule has 1 heterocycles. The lowest BCUT2D eigenvalue weighted by Crippen LogP contribution is -2.38. The number of carbonyl (C=O) groups excluding carboxylic acids is 1. The first kappa shape index (κ1) is 10.3. The van der Waals surface area contributed by atoms with Crippen molar-refractivity contribution >= 4 is 16.7 Å². The van der Waals surface area contributed by atoms with Crippen LogP contribution < -0.4 is 5.32 Å². The Bertz CT molecular complexity index is 555. The predicted octanol–water partition coefficient (Wildman–Crippen LogP) is 2.03. The summed E-state index contributed by atoms with van der Waals surface area (Å²) in [5, 5.41) is 5.23. The van der Waals surface area contributed by atoms with Crippen molar-refractivity contribution in [1.29, 1.82) is 0 Å². The quantitative estimate of drug-likeness (QED) is 0.809. The van der Waals surface area contributed by atoms with Gasteiger partial charge in [0.1, 0.15) is 12.7 Å². The molecule has 86 valence electrons. The van der Waals surface area contributed by atoms with E-state index in [2.05, 4.69) is 35.6 Å². The van der Waals surface area contributed by atoms with Crippen LogP contribution in [0.15, 0.2) is 42.5 Å². The predicted molar refractivity (Wildman–Crippen MR) is 65.7 cm³/mol. The van der Waals surface area contributed by atoms with Crippen molar-refractivity contribution in [2.45, 2.75) is 6.10 Å². The molecule has 3 rings (SSSR count). The average Bonchev–Trinajstić information content (AvgIpc) is 2.39. The van der Waals surface area contributed by atoms with Crippen molar-refractivity contribution in [3.8, 4) is 0 Å². The third kappa shape index (κ3) is 2.01. The van der Waals surface area contributed by atoms with Gasteiger partial charge >= 0.3 is 0 Å². The van der Waals surface area contributed by atoms with Gasteiger partial charge in [-0.25, -0.2) is 0 Å². The van der Waals surface area contributed by atoms with E-state index >= 15 is 0 Å². The molecular weight excluding hydrogens is 214 g/mol. The summed E-state index contributed by atoms with van der Waals surface area (Å²) >= 11 is 0. The number of hydrogen-bond donors (Lipinski definition) is 1. The number of hydrogen-bond acceptors (Lipinski definition) is 2. The number of amides is 1.